The average Bonchev–Trinajstić information content (AvgIpc) is 3.24. The second-order valence-electron chi connectivity index (χ2n) is 5.24. The van der Waals surface area contributed by atoms with Crippen LogP contribution in [0.4, 0.5) is 0 Å². The number of para-hydroxylation sites is 1. The molecule has 1 aliphatic carbocycles. The van der Waals surface area contributed by atoms with Crippen molar-refractivity contribution in [3.8, 4) is 5.75 Å². The van der Waals surface area contributed by atoms with Gasteiger partial charge >= 0.3 is 0 Å². The Labute approximate surface area is 116 Å². The van der Waals surface area contributed by atoms with Crippen molar-refractivity contribution in [3.63, 3.8) is 0 Å². The molecule has 104 valence electrons. The third kappa shape index (κ3) is 5.48. The standard InChI is InChI=1S/C17H25NO/c1-2-8-15-9-4-5-10-17(15)19-14-7-3-6-13-18-16-11-12-16/h2,4-5,9-10,16,18H,1,3,6-8,11-14H2. The van der Waals surface area contributed by atoms with E-state index >= 15 is 0 Å². The summed E-state index contributed by atoms with van der Waals surface area (Å²) in [6.45, 7) is 5.77. The number of hydrogen-bond acceptors (Lipinski definition) is 2. The monoisotopic (exact) mass is 259 g/mol. The highest BCUT2D eigenvalue weighted by molar-refractivity contribution is 5.34. The number of benzene rings is 1. The molecule has 1 aliphatic rings. The van der Waals surface area contributed by atoms with Gasteiger partial charge in [0.05, 0.1) is 6.61 Å². The van der Waals surface area contributed by atoms with E-state index in [0.29, 0.717) is 0 Å². The fourth-order valence-electron chi connectivity index (χ4n) is 2.15. The van der Waals surface area contributed by atoms with Crippen molar-refractivity contribution in [2.75, 3.05) is 13.2 Å². The van der Waals surface area contributed by atoms with E-state index in [4.69, 9.17) is 4.74 Å². The van der Waals surface area contributed by atoms with Crippen LogP contribution < -0.4 is 10.1 Å². The molecule has 1 fully saturated rings. The first-order chi connectivity index (χ1) is 9.40. The SMILES string of the molecule is C=CCc1ccccc1OCCCCCNC1CC1. The highest BCUT2D eigenvalue weighted by atomic mass is 16.5. The second-order valence-corrected chi connectivity index (χ2v) is 5.24. The quantitative estimate of drug-likeness (QED) is 0.511. The second kappa shape index (κ2) is 8.00. The van der Waals surface area contributed by atoms with Crippen LogP contribution in [-0.2, 0) is 6.42 Å². The maximum absolute atomic E-state index is 5.86. The van der Waals surface area contributed by atoms with Gasteiger partial charge in [-0.1, -0.05) is 24.3 Å². The summed E-state index contributed by atoms with van der Waals surface area (Å²) >= 11 is 0. The lowest BCUT2D eigenvalue weighted by Crippen LogP contribution is -2.17. The molecule has 1 N–H and O–H groups in total. The third-order valence-corrected chi connectivity index (χ3v) is 3.43. The molecule has 0 bridgehead atoms. The Balaban J connectivity index is 1.57. The number of ether oxygens (including phenoxy) is 1. The van der Waals surface area contributed by atoms with Crippen molar-refractivity contribution in [2.45, 2.75) is 44.6 Å². The first-order valence-corrected chi connectivity index (χ1v) is 7.45. The lowest BCUT2D eigenvalue weighted by Gasteiger charge is -2.10. The summed E-state index contributed by atoms with van der Waals surface area (Å²) in [5, 5.41) is 3.54. The first kappa shape index (κ1) is 14.1. The van der Waals surface area contributed by atoms with Crippen molar-refractivity contribution < 1.29 is 4.74 Å². The summed E-state index contributed by atoms with van der Waals surface area (Å²) in [5.74, 6) is 1.01. The molecule has 0 unspecified atom stereocenters. The molecule has 19 heavy (non-hydrogen) atoms. The number of allylic oxidation sites excluding steroid dienone is 1. The van der Waals surface area contributed by atoms with Crippen LogP contribution in [0.2, 0.25) is 0 Å². The molecule has 0 saturated heterocycles. The van der Waals surface area contributed by atoms with Gasteiger partial charge in [0, 0.05) is 6.04 Å². The van der Waals surface area contributed by atoms with Crippen LogP contribution in [0.25, 0.3) is 0 Å². The van der Waals surface area contributed by atoms with Crippen LogP contribution >= 0.6 is 0 Å². The predicted molar refractivity (Wildman–Crippen MR) is 80.7 cm³/mol. The molecular formula is C17H25NO. The lowest BCUT2D eigenvalue weighted by molar-refractivity contribution is 0.302. The van der Waals surface area contributed by atoms with E-state index < -0.39 is 0 Å². The van der Waals surface area contributed by atoms with Crippen LogP contribution in [-0.4, -0.2) is 19.2 Å². The molecule has 0 atom stereocenters. The summed E-state index contributed by atoms with van der Waals surface area (Å²) in [7, 11) is 0. The van der Waals surface area contributed by atoms with Crippen molar-refractivity contribution in [1.29, 1.82) is 0 Å². The largest absolute Gasteiger partial charge is 0.493 e. The normalized spacial score (nSPS) is 14.3. The summed E-state index contributed by atoms with van der Waals surface area (Å²) < 4.78 is 5.86. The van der Waals surface area contributed by atoms with Crippen LogP contribution in [0.5, 0.6) is 5.75 Å². The molecule has 0 aromatic heterocycles. The van der Waals surface area contributed by atoms with Gasteiger partial charge in [-0.3, -0.25) is 0 Å². The van der Waals surface area contributed by atoms with E-state index in [0.717, 1.165) is 37.8 Å². The van der Waals surface area contributed by atoms with Crippen molar-refractivity contribution in [3.05, 3.63) is 42.5 Å². The molecule has 0 spiro atoms. The molecule has 0 heterocycles. The Morgan fingerprint density at radius 3 is 2.84 bits per heavy atom. The Bertz CT molecular complexity index is 385. The Kier molecular flexibility index (Phi) is 5.96. The predicted octanol–water partition coefficient (Wildman–Crippen LogP) is 3.72. The van der Waals surface area contributed by atoms with Crippen LogP contribution in [0.1, 0.15) is 37.7 Å². The van der Waals surface area contributed by atoms with Crippen molar-refractivity contribution in [1.82, 2.24) is 5.32 Å². The third-order valence-electron chi connectivity index (χ3n) is 3.43. The van der Waals surface area contributed by atoms with Gasteiger partial charge in [-0.05, 0) is 56.7 Å². The topological polar surface area (TPSA) is 21.3 Å². The van der Waals surface area contributed by atoms with Gasteiger partial charge in [0.15, 0.2) is 0 Å². The fourth-order valence-corrected chi connectivity index (χ4v) is 2.15. The fraction of sp³-hybridized carbons (Fsp3) is 0.529. The summed E-state index contributed by atoms with van der Waals surface area (Å²) in [5.41, 5.74) is 1.23. The van der Waals surface area contributed by atoms with Gasteiger partial charge in [-0.15, -0.1) is 6.58 Å². The molecule has 0 amide bonds. The smallest absolute Gasteiger partial charge is 0.122 e. The van der Waals surface area contributed by atoms with Gasteiger partial charge in [0.2, 0.25) is 0 Å². The zero-order valence-electron chi connectivity index (χ0n) is 11.7. The zero-order valence-corrected chi connectivity index (χ0v) is 11.7. The van der Waals surface area contributed by atoms with E-state index in [2.05, 4.69) is 24.0 Å². The number of rotatable bonds is 10. The van der Waals surface area contributed by atoms with E-state index in [9.17, 15) is 0 Å². The van der Waals surface area contributed by atoms with E-state index in [1.54, 1.807) is 0 Å². The van der Waals surface area contributed by atoms with E-state index in [-0.39, 0.29) is 0 Å². The maximum atomic E-state index is 5.86. The minimum Gasteiger partial charge on any atom is -0.493 e. The molecule has 1 aromatic carbocycles. The summed E-state index contributed by atoms with van der Waals surface area (Å²) in [6, 6.07) is 9.07. The molecule has 0 radical (unpaired) electrons. The number of nitrogens with one attached hydrogen (secondary N) is 1. The first-order valence-electron chi connectivity index (χ1n) is 7.45. The lowest BCUT2D eigenvalue weighted by atomic mass is 10.1. The number of hydrogen-bond donors (Lipinski definition) is 1. The van der Waals surface area contributed by atoms with Crippen LogP contribution in [0, 0.1) is 0 Å². The van der Waals surface area contributed by atoms with Gasteiger partial charge in [0.1, 0.15) is 5.75 Å². The van der Waals surface area contributed by atoms with Gasteiger partial charge in [-0.2, -0.15) is 0 Å². The highest BCUT2D eigenvalue weighted by Crippen LogP contribution is 2.19. The van der Waals surface area contributed by atoms with Crippen molar-refractivity contribution in [2.24, 2.45) is 0 Å². The molecule has 2 heteroatoms. The maximum Gasteiger partial charge on any atom is 0.122 e. The molecular weight excluding hydrogens is 234 g/mol. The van der Waals surface area contributed by atoms with E-state index in [1.807, 2.05) is 18.2 Å². The molecule has 2 rings (SSSR count). The summed E-state index contributed by atoms with van der Waals surface area (Å²) in [4.78, 5) is 0. The van der Waals surface area contributed by atoms with Crippen molar-refractivity contribution >= 4 is 0 Å². The minimum absolute atomic E-state index is 0.817. The molecule has 1 saturated carbocycles. The Morgan fingerprint density at radius 2 is 2.05 bits per heavy atom. The average molecular weight is 259 g/mol. The van der Waals surface area contributed by atoms with Crippen LogP contribution in [0.3, 0.4) is 0 Å². The van der Waals surface area contributed by atoms with Gasteiger partial charge in [0.25, 0.3) is 0 Å². The Morgan fingerprint density at radius 1 is 1.21 bits per heavy atom. The van der Waals surface area contributed by atoms with E-state index in [1.165, 1.54) is 31.2 Å². The highest BCUT2D eigenvalue weighted by Gasteiger charge is 2.19. The molecule has 1 aromatic rings. The van der Waals surface area contributed by atoms with Gasteiger partial charge < -0.3 is 10.1 Å². The molecule has 0 aliphatic heterocycles. The minimum atomic E-state index is 0.817. The Hall–Kier alpha value is -1.28. The van der Waals surface area contributed by atoms with Gasteiger partial charge in [-0.25, -0.2) is 0 Å². The number of unbranched alkanes of at least 4 members (excludes halogenated alkanes) is 2. The van der Waals surface area contributed by atoms with Crippen LogP contribution in [0.15, 0.2) is 36.9 Å². The zero-order chi connectivity index (χ0) is 13.3. The summed E-state index contributed by atoms with van der Waals surface area (Å²) in [6.07, 6.45) is 9.19. The molecule has 2 nitrogen and oxygen atoms in total.